The van der Waals surface area contributed by atoms with Crippen molar-refractivity contribution >= 4 is 40.3 Å². The molecule has 0 amide bonds. The molecule has 3 rings (SSSR count). The summed E-state index contributed by atoms with van der Waals surface area (Å²) in [6, 6.07) is 10.5. The van der Waals surface area contributed by atoms with Crippen molar-refractivity contribution in [2.24, 2.45) is 0 Å². The number of carboxylic acids is 1. The molecule has 0 saturated heterocycles. The summed E-state index contributed by atoms with van der Waals surface area (Å²) in [6.45, 7) is 1.63. The van der Waals surface area contributed by atoms with Gasteiger partial charge in [-0.1, -0.05) is 35.3 Å². The lowest BCUT2D eigenvalue weighted by molar-refractivity contribution is -0.138. The van der Waals surface area contributed by atoms with E-state index in [1.54, 1.807) is 37.3 Å². The van der Waals surface area contributed by atoms with Gasteiger partial charge in [0.2, 0.25) is 0 Å². The highest BCUT2D eigenvalue weighted by Crippen LogP contribution is 2.26. The Hall–Kier alpha value is -2.04. The van der Waals surface area contributed by atoms with E-state index < -0.39 is 11.9 Å². The summed E-state index contributed by atoms with van der Waals surface area (Å²) in [4.78, 5) is 15.5. The molecular weight excluding hydrogens is 337 g/mol. The fourth-order valence-corrected chi connectivity index (χ4v) is 2.78. The van der Waals surface area contributed by atoms with Gasteiger partial charge in [-0.3, -0.25) is 4.79 Å². The smallest absolute Gasteiger partial charge is 0.310 e. The second-order valence-corrected chi connectivity index (χ2v) is 6.15. The average Bonchev–Trinajstić information content (AvgIpc) is 2.90. The molecule has 3 aromatic rings. The van der Waals surface area contributed by atoms with Crippen molar-refractivity contribution in [3.8, 4) is 0 Å². The predicted octanol–water partition coefficient (Wildman–Crippen LogP) is 4.91. The Labute approximate surface area is 142 Å². The molecule has 0 aliphatic heterocycles. The Balaban J connectivity index is 1.92. The van der Waals surface area contributed by atoms with E-state index >= 15 is 0 Å². The lowest BCUT2D eigenvalue weighted by atomic mass is 10.0. The van der Waals surface area contributed by atoms with Crippen LogP contribution in [0.2, 0.25) is 10.0 Å². The van der Waals surface area contributed by atoms with Crippen LogP contribution in [0.1, 0.15) is 29.9 Å². The van der Waals surface area contributed by atoms with E-state index in [-0.39, 0.29) is 0 Å². The predicted molar refractivity (Wildman–Crippen MR) is 89.3 cm³/mol. The molecule has 0 radical (unpaired) electrons. The van der Waals surface area contributed by atoms with Crippen LogP contribution in [-0.4, -0.2) is 16.1 Å². The molecular formula is C17H13Cl2NO3. The van der Waals surface area contributed by atoms with Crippen molar-refractivity contribution in [1.29, 1.82) is 0 Å². The number of carboxylic acid groups (broad SMARTS) is 1. The van der Waals surface area contributed by atoms with Crippen LogP contribution in [-0.2, 0) is 11.2 Å². The summed E-state index contributed by atoms with van der Waals surface area (Å²) in [6.07, 6.45) is 0.439. The number of aliphatic carboxylic acids is 1. The maximum Gasteiger partial charge on any atom is 0.310 e. The van der Waals surface area contributed by atoms with E-state index in [0.717, 1.165) is 5.56 Å². The second-order valence-electron chi connectivity index (χ2n) is 5.31. The zero-order chi connectivity index (χ0) is 16.6. The summed E-state index contributed by atoms with van der Waals surface area (Å²) in [7, 11) is 0. The maximum atomic E-state index is 11.1. The first-order chi connectivity index (χ1) is 10.9. The molecule has 1 unspecified atom stereocenters. The van der Waals surface area contributed by atoms with Crippen molar-refractivity contribution < 1.29 is 14.3 Å². The molecule has 0 saturated carbocycles. The zero-order valence-electron chi connectivity index (χ0n) is 12.2. The van der Waals surface area contributed by atoms with Crippen molar-refractivity contribution in [3.63, 3.8) is 0 Å². The van der Waals surface area contributed by atoms with Gasteiger partial charge in [-0.2, -0.15) is 0 Å². The Morgan fingerprint density at radius 3 is 2.74 bits per heavy atom. The van der Waals surface area contributed by atoms with Crippen molar-refractivity contribution in [2.75, 3.05) is 0 Å². The minimum Gasteiger partial charge on any atom is -0.481 e. The topological polar surface area (TPSA) is 63.3 Å². The van der Waals surface area contributed by atoms with E-state index in [1.807, 2.05) is 6.07 Å². The van der Waals surface area contributed by atoms with Gasteiger partial charge in [-0.25, -0.2) is 4.98 Å². The quantitative estimate of drug-likeness (QED) is 0.726. The third-order valence-corrected chi connectivity index (χ3v) is 4.27. The van der Waals surface area contributed by atoms with Gasteiger partial charge in [0, 0.05) is 10.0 Å². The third-order valence-electron chi connectivity index (χ3n) is 3.68. The third kappa shape index (κ3) is 3.33. The van der Waals surface area contributed by atoms with Gasteiger partial charge in [0.1, 0.15) is 5.52 Å². The standard InChI is InChI=1S/C17H13Cl2NO3/c1-9(17(21)22)10-3-5-14-15(6-10)23-16(20-14)7-11-2-4-12(18)8-13(11)19/h2-6,8-9H,7H2,1H3,(H,21,22). The summed E-state index contributed by atoms with van der Waals surface area (Å²) >= 11 is 12.0. The van der Waals surface area contributed by atoms with Gasteiger partial charge < -0.3 is 9.52 Å². The molecule has 0 spiro atoms. The van der Waals surface area contributed by atoms with Crippen LogP contribution < -0.4 is 0 Å². The number of oxazole rings is 1. The van der Waals surface area contributed by atoms with Gasteiger partial charge in [0.25, 0.3) is 0 Å². The van der Waals surface area contributed by atoms with E-state index in [4.69, 9.17) is 32.7 Å². The second kappa shape index (κ2) is 6.22. The number of halogens is 2. The molecule has 1 heterocycles. The van der Waals surface area contributed by atoms with Gasteiger partial charge in [-0.15, -0.1) is 0 Å². The number of nitrogens with zero attached hydrogens (tertiary/aromatic N) is 1. The summed E-state index contributed by atoms with van der Waals surface area (Å²) in [5, 5.41) is 10.2. The Morgan fingerprint density at radius 1 is 1.26 bits per heavy atom. The van der Waals surface area contributed by atoms with Gasteiger partial charge in [-0.05, 0) is 42.3 Å². The molecule has 2 aromatic carbocycles. The monoisotopic (exact) mass is 349 g/mol. The molecule has 0 aliphatic rings. The number of hydrogen-bond acceptors (Lipinski definition) is 3. The van der Waals surface area contributed by atoms with Crippen LogP contribution in [0.25, 0.3) is 11.1 Å². The molecule has 1 N–H and O–H groups in total. The van der Waals surface area contributed by atoms with Crippen LogP contribution in [0.3, 0.4) is 0 Å². The molecule has 1 atom stereocenters. The van der Waals surface area contributed by atoms with Crippen LogP contribution in [0.15, 0.2) is 40.8 Å². The molecule has 0 fully saturated rings. The summed E-state index contributed by atoms with van der Waals surface area (Å²) in [5.41, 5.74) is 2.79. The highest BCUT2D eigenvalue weighted by Gasteiger charge is 2.16. The van der Waals surface area contributed by atoms with Gasteiger partial charge in [0.15, 0.2) is 11.5 Å². The first-order valence-corrected chi connectivity index (χ1v) is 7.75. The number of fused-ring (bicyclic) bond motifs is 1. The van der Waals surface area contributed by atoms with Crippen molar-refractivity contribution in [1.82, 2.24) is 4.98 Å². The van der Waals surface area contributed by atoms with E-state index in [1.165, 1.54) is 0 Å². The highest BCUT2D eigenvalue weighted by molar-refractivity contribution is 6.35. The average molecular weight is 350 g/mol. The molecule has 6 heteroatoms. The summed E-state index contributed by atoms with van der Waals surface area (Å²) in [5.74, 6) is -0.958. The highest BCUT2D eigenvalue weighted by atomic mass is 35.5. The molecule has 1 aromatic heterocycles. The fourth-order valence-electron chi connectivity index (χ4n) is 2.30. The minimum atomic E-state index is -0.878. The van der Waals surface area contributed by atoms with Crippen molar-refractivity contribution in [2.45, 2.75) is 19.3 Å². The molecule has 118 valence electrons. The van der Waals surface area contributed by atoms with E-state index in [9.17, 15) is 4.79 Å². The van der Waals surface area contributed by atoms with Crippen LogP contribution in [0, 0.1) is 0 Å². The van der Waals surface area contributed by atoms with Gasteiger partial charge >= 0.3 is 5.97 Å². The fraction of sp³-hybridized carbons (Fsp3) is 0.176. The van der Waals surface area contributed by atoms with E-state index in [2.05, 4.69) is 4.98 Å². The Bertz CT molecular complexity index is 889. The maximum absolute atomic E-state index is 11.1. The lowest BCUT2D eigenvalue weighted by Crippen LogP contribution is -2.06. The SMILES string of the molecule is CC(C(=O)O)c1ccc2nc(Cc3ccc(Cl)cc3Cl)oc2c1. The Morgan fingerprint density at radius 2 is 2.04 bits per heavy atom. The number of hydrogen-bond donors (Lipinski definition) is 1. The van der Waals surface area contributed by atoms with Gasteiger partial charge in [0.05, 0.1) is 12.3 Å². The zero-order valence-corrected chi connectivity index (χ0v) is 13.7. The number of benzene rings is 2. The molecule has 0 bridgehead atoms. The van der Waals surface area contributed by atoms with Crippen LogP contribution >= 0.6 is 23.2 Å². The number of carbonyl (C=O) groups is 1. The summed E-state index contributed by atoms with van der Waals surface area (Å²) < 4.78 is 5.73. The molecule has 4 nitrogen and oxygen atoms in total. The number of aromatic nitrogens is 1. The largest absolute Gasteiger partial charge is 0.481 e. The minimum absolute atomic E-state index is 0.439. The van der Waals surface area contributed by atoms with Crippen LogP contribution in [0.4, 0.5) is 0 Å². The first-order valence-electron chi connectivity index (χ1n) is 7.00. The molecule has 0 aliphatic carbocycles. The van der Waals surface area contributed by atoms with E-state index in [0.29, 0.717) is 39.0 Å². The Kier molecular flexibility index (Phi) is 4.28. The lowest BCUT2D eigenvalue weighted by Gasteiger charge is -2.04. The molecule has 23 heavy (non-hydrogen) atoms. The van der Waals surface area contributed by atoms with Crippen LogP contribution in [0.5, 0.6) is 0 Å². The number of rotatable bonds is 4. The van der Waals surface area contributed by atoms with Crippen molar-refractivity contribution in [3.05, 3.63) is 63.5 Å². The normalized spacial score (nSPS) is 12.5. The first kappa shape index (κ1) is 15.8.